The van der Waals surface area contributed by atoms with Crippen LogP contribution in [-0.2, 0) is 0 Å². The van der Waals surface area contributed by atoms with Gasteiger partial charge in [0.2, 0.25) is 0 Å². The molecule has 0 aliphatic rings. The maximum atomic E-state index is 6.04. The van der Waals surface area contributed by atoms with Crippen LogP contribution in [0.4, 0.5) is 0 Å². The first-order valence-corrected chi connectivity index (χ1v) is 5.02. The molecule has 4 heteroatoms. The van der Waals surface area contributed by atoms with Crippen molar-refractivity contribution in [3.05, 3.63) is 41.3 Å². The van der Waals surface area contributed by atoms with Gasteiger partial charge in [0.05, 0.1) is 11.0 Å². The summed E-state index contributed by atoms with van der Waals surface area (Å²) in [6, 6.07) is 6.10. The third-order valence-electron chi connectivity index (χ3n) is 2.43. The number of imidazole rings is 1. The summed E-state index contributed by atoms with van der Waals surface area (Å²) < 4.78 is 1.95. The van der Waals surface area contributed by atoms with Crippen molar-refractivity contribution in [3.8, 4) is 0 Å². The van der Waals surface area contributed by atoms with Crippen LogP contribution < -0.4 is 0 Å². The molecule has 3 nitrogen and oxygen atoms in total. The number of aromatic nitrogens is 3. The number of fused-ring (bicyclic) bond motifs is 3. The van der Waals surface area contributed by atoms with E-state index in [0.29, 0.717) is 10.8 Å². The summed E-state index contributed by atoms with van der Waals surface area (Å²) in [5.41, 5.74) is 3.79. The molecule has 0 unspecified atom stereocenters. The smallest absolute Gasteiger partial charge is 0.175 e. The molecule has 2 heterocycles. The number of hydrogen-bond donors (Lipinski definition) is 0. The van der Waals surface area contributed by atoms with Gasteiger partial charge in [-0.1, -0.05) is 17.7 Å². The van der Waals surface area contributed by atoms with E-state index < -0.39 is 0 Å². The highest BCUT2D eigenvalue weighted by Crippen LogP contribution is 2.20. The van der Waals surface area contributed by atoms with Gasteiger partial charge in [0.15, 0.2) is 10.8 Å². The van der Waals surface area contributed by atoms with Crippen LogP contribution in [0.2, 0.25) is 5.15 Å². The molecule has 0 N–H and O–H groups in total. The Bertz CT molecular complexity index is 657. The molecule has 0 fully saturated rings. The first-order chi connectivity index (χ1) is 7.25. The van der Waals surface area contributed by atoms with Gasteiger partial charge in [-0.15, -0.1) is 0 Å². The Morgan fingerprint density at radius 1 is 1.33 bits per heavy atom. The molecule has 0 amide bonds. The number of hydrogen-bond acceptors (Lipinski definition) is 2. The van der Waals surface area contributed by atoms with Gasteiger partial charge < -0.3 is 0 Å². The van der Waals surface area contributed by atoms with Crippen LogP contribution in [0.1, 0.15) is 5.56 Å². The van der Waals surface area contributed by atoms with E-state index in [4.69, 9.17) is 11.6 Å². The third kappa shape index (κ3) is 1.20. The lowest BCUT2D eigenvalue weighted by Gasteiger charge is -2.03. The van der Waals surface area contributed by atoms with E-state index in [2.05, 4.69) is 16.0 Å². The van der Waals surface area contributed by atoms with Crippen LogP contribution in [-0.4, -0.2) is 14.4 Å². The van der Waals surface area contributed by atoms with Crippen molar-refractivity contribution < 1.29 is 0 Å². The summed E-state index contributed by atoms with van der Waals surface area (Å²) in [7, 11) is 0. The van der Waals surface area contributed by atoms with Crippen LogP contribution in [0.15, 0.2) is 30.6 Å². The lowest BCUT2D eigenvalue weighted by atomic mass is 10.2. The molecule has 2 aromatic heterocycles. The first-order valence-electron chi connectivity index (χ1n) is 4.64. The fourth-order valence-corrected chi connectivity index (χ4v) is 1.96. The largest absolute Gasteiger partial charge is 0.296 e. The van der Waals surface area contributed by atoms with Crippen LogP contribution in [0, 0.1) is 6.92 Å². The molecule has 0 bridgehead atoms. The third-order valence-corrected chi connectivity index (χ3v) is 2.69. The highest BCUT2D eigenvalue weighted by atomic mass is 35.5. The molecule has 0 saturated heterocycles. The topological polar surface area (TPSA) is 30.2 Å². The fraction of sp³-hybridized carbons (Fsp3) is 0.0909. The number of halogens is 1. The van der Waals surface area contributed by atoms with Crippen molar-refractivity contribution in [2.75, 3.05) is 0 Å². The second-order valence-electron chi connectivity index (χ2n) is 3.52. The number of rotatable bonds is 0. The Morgan fingerprint density at radius 3 is 3.07 bits per heavy atom. The summed E-state index contributed by atoms with van der Waals surface area (Å²) >= 11 is 6.04. The average molecular weight is 218 g/mol. The van der Waals surface area contributed by atoms with Crippen molar-refractivity contribution >= 4 is 28.3 Å². The predicted molar refractivity (Wildman–Crippen MR) is 60.2 cm³/mol. The van der Waals surface area contributed by atoms with E-state index >= 15 is 0 Å². The minimum atomic E-state index is 0.443. The van der Waals surface area contributed by atoms with Crippen molar-refractivity contribution in [2.24, 2.45) is 0 Å². The standard InChI is InChI=1S/C11H8ClN3/c1-7-2-3-9-8(6-7)14-10(12)11-13-4-5-15(9)11/h2-6H,1H3. The molecule has 15 heavy (non-hydrogen) atoms. The Morgan fingerprint density at radius 2 is 2.20 bits per heavy atom. The number of aryl methyl sites for hydroxylation is 1. The highest BCUT2D eigenvalue weighted by Gasteiger charge is 2.06. The van der Waals surface area contributed by atoms with Crippen molar-refractivity contribution in [1.29, 1.82) is 0 Å². The molecule has 0 saturated carbocycles. The summed E-state index contributed by atoms with van der Waals surface area (Å²) in [4.78, 5) is 8.48. The quantitative estimate of drug-likeness (QED) is 0.580. The molecule has 0 atom stereocenters. The van der Waals surface area contributed by atoms with Crippen molar-refractivity contribution in [2.45, 2.75) is 6.92 Å². The monoisotopic (exact) mass is 217 g/mol. The first kappa shape index (κ1) is 8.68. The maximum Gasteiger partial charge on any atom is 0.175 e. The minimum absolute atomic E-state index is 0.443. The summed E-state index contributed by atoms with van der Waals surface area (Å²) in [6.45, 7) is 2.03. The van der Waals surface area contributed by atoms with E-state index in [1.54, 1.807) is 6.20 Å². The van der Waals surface area contributed by atoms with Crippen LogP contribution in [0.25, 0.3) is 16.7 Å². The second kappa shape index (κ2) is 2.94. The molecular formula is C11H8ClN3. The van der Waals surface area contributed by atoms with Crippen molar-refractivity contribution in [1.82, 2.24) is 14.4 Å². The van der Waals surface area contributed by atoms with Gasteiger partial charge in [-0.3, -0.25) is 4.40 Å². The van der Waals surface area contributed by atoms with E-state index in [0.717, 1.165) is 11.0 Å². The molecule has 0 aliphatic carbocycles. The highest BCUT2D eigenvalue weighted by molar-refractivity contribution is 6.32. The lowest BCUT2D eigenvalue weighted by molar-refractivity contribution is 1.20. The van der Waals surface area contributed by atoms with Crippen molar-refractivity contribution in [3.63, 3.8) is 0 Å². The molecule has 3 rings (SSSR count). The van der Waals surface area contributed by atoms with Crippen LogP contribution in [0.5, 0.6) is 0 Å². The number of benzene rings is 1. The van der Waals surface area contributed by atoms with Gasteiger partial charge in [-0.2, -0.15) is 0 Å². The fourth-order valence-electron chi connectivity index (χ4n) is 1.73. The Hall–Kier alpha value is -1.61. The summed E-state index contributed by atoms with van der Waals surface area (Å²) in [5, 5.41) is 0.443. The van der Waals surface area contributed by atoms with E-state index in [-0.39, 0.29) is 0 Å². The molecule has 74 valence electrons. The van der Waals surface area contributed by atoms with E-state index in [1.807, 2.05) is 29.7 Å². The zero-order chi connectivity index (χ0) is 10.4. The molecule has 0 radical (unpaired) electrons. The van der Waals surface area contributed by atoms with Gasteiger partial charge in [0, 0.05) is 12.4 Å². The Labute approximate surface area is 91.3 Å². The van der Waals surface area contributed by atoms with Gasteiger partial charge in [0.1, 0.15) is 0 Å². The predicted octanol–water partition coefficient (Wildman–Crippen LogP) is 2.84. The van der Waals surface area contributed by atoms with Gasteiger partial charge >= 0.3 is 0 Å². The van der Waals surface area contributed by atoms with E-state index in [1.165, 1.54) is 5.56 Å². The zero-order valence-electron chi connectivity index (χ0n) is 8.11. The van der Waals surface area contributed by atoms with Gasteiger partial charge in [0.25, 0.3) is 0 Å². The van der Waals surface area contributed by atoms with Gasteiger partial charge in [-0.25, -0.2) is 9.97 Å². The molecule has 3 aromatic rings. The SMILES string of the molecule is Cc1ccc2c(c1)nc(Cl)c1nccn12. The Kier molecular flexibility index (Phi) is 1.70. The Balaban J connectivity index is 2.60. The van der Waals surface area contributed by atoms with Crippen LogP contribution >= 0.6 is 11.6 Å². The van der Waals surface area contributed by atoms with E-state index in [9.17, 15) is 0 Å². The second-order valence-corrected chi connectivity index (χ2v) is 3.87. The molecule has 0 aliphatic heterocycles. The minimum Gasteiger partial charge on any atom is -0.296 e. The number of nitrogens with zero attached hydrogens (tertiary/aromatic N) is 3. The van der Waals surface area contributed by atoms with Crippen LogP contribution in [0.3, 0.4) is 0 Å². The normalized spacial score (nSPS) is 11.3. The molecular weight excluding hydrogens is 210 g/mol. The summed E-state index contributed by atoms with van der Waals surface area (Å²) in [5.74, 6) is 0. The maximum absolute atomic E-state index is 6.04. The molecule has 0 spiro atoms. The summed E-state index contributed by atoms with van der Waals surface area (Å²) in [6.07, 6.45) is 3.61. The average Bonchev–Trinajstić information content (AvgIpc) is 2.66. The molecule has 1 aromatic carbocycles. The van der Waals surface area contributed by atoms with Gasteiger partial charge in [-0.05, 0) is 24.6 Å². The lowest BCUT2D eigenvalue weighted by Crippen LogP contribution is -1.92. The zero-order valence-corrected chi connectivity index (χ0v) is 8.86.